The number of rotatable bonds is 4. The van der Waals surface area contributed by atoms with Crippen molar-refractivity contribution in [1.82, 2.24) is 5.32 Å². The van der Waals surface area contributed by atoms with Crippen LogP contribution in [0.25, 0.3) is 0 Å². The van der Waals surface area contributed by atoms with Gasteiger partial charge in [-0.15, -0.1) is 0 Å². The third-order valence-electron chi connectivity index (χ3n) is 3.39. The second-order valence-corrected chi connectivity index (χ2v) is 4.85. The molecule has 0 aliphatic heterocycles. The van der Waals surface area contributed by atoms with Gasteiger partial charge < -0.3 is 5.32 Å². The van der Waals surface area contributed by atoms with E-state index in [0.29, 0.717) is 0 Å². The molecular formula is C17H20FN. The van der Waals surface area contributed by atoms with Crippen LogP contribution in [0.2, 0.25) is 0 Å². The van der Waals surface area contributed by atoms with Gasteiger partial charge in [0.25, 0.3) is 0 Å². The predicted molar refractivity (Wildman–Crippen MR) is 77.8 cm³/mol. The number of halogens is 1. The molecule has 1 atom stereocenters. The van der Waals surface area contributed by atoms with Crippen LogP contribution in [0.4, 0.5) is 4.39 Å². The van der Waals surface area contributed by atoms with E-state index in [0.717, 1.165) is 17.7 Å². The minimum atomic E-state index is -0.165. The summed E-state index contributed by atoms with van der Waals surface area (Å²) in [6.07, 6.45) is 0. The number of benzene rings is 2. The molecule has 1 N–H and O–H groups in total. The monoisotopic (exact) mass is 257 g/mol. The van der Waals surface area contributed by atoms with Crippen molar-refractivity contribution in [3.63, 3.8) is 0 Å². The van der Waals surface area contributed by atoms with Crippen LogP contribution < -0.4 is 5.32 Å². The number of aryl methyl sites for hydroxylation is 2. The average Bonchev–Trinajstić information content (AvgIpc) is 2.37. The van der Waals surface area contributed by atoms with Crippen molar-refractivity contribution in [3.8, 4) is 0 Å². The zero-order valence-electron chi connectivity index (χ0n) is 11.7. The molecule has 0 aliphatic rings. The molecule has 2 aromatic rings. The van der Waals surface area contributed by atoms with Crippen molar-refractivity contribution in [3.05, 3.63) is 70.5 Å². The maximum Gasteiger partial charge on any atom is 0.123 e. The van der Waals surface area contributed by atoms with E-state index in [9.17, 15) is 4.39 Å². The maximum atomic E-state index is 13.4. The van der Waals surface area contributed by atoms with E-state index in [1.165, 1.54) is 11.1 Å². The molecule has 0 aromatic heterocycles. The van der Waals surface area contributed by atoms with Crippen LogP contribution in [-0.2, 0) is 0 Å². The smallest absolute Gasteiger partial charge is 0.123 e. The lowest BCUT2D eigenvalue weighted by Crippen LogP contribution is -2.23. The van der Waals surface area contributed by atoms with Crippen LogP contribution in [0.5, 0.6) is 0 Å². The van der Waals surface area contributed by atoms with Gasteiger partial charge in [-0.3, -0.25) is 0 Å². The Morgan fingerprint density at radius 2 is 1.63 bits per heavy atom. The highest BCUT2D eigenvalue weighted by Gasteiger charge is 2.17. The molecule has 2 rings (SSSR count). The molecule has 0 fully saturated rings. The fourth-order valence-corrected chi connectivity index (χ4v) is 2.61. The number of hydrogen-bond donors (Lipinski definition) is 1. The Balaban J connectivity index is 2.51. The molecule has 100 valence electrons. The summed E-state index contributed by atoms with van der Waals surface area (Å²) in [5.74, 6) is -0.165. The first-order chi connectivity index (χ1) is 9.13. The summed E-state index contributed by atoms with van der Waals surface area (Å²) in [5.41, 5.74) is 4.37. The summed E-state index contributed by atoms with van der Waals surface area (Å²) in [7, 11) is 0. The van der Waals surface area contributed by atoms with Gasteiger partial charge in [0.1, 0.15) is 5.82 Å². The molecule has 2 aromatic carbocycles. The topological polar surface area (TPSA) is 12.0 Å². The minimum absolute atomic E-state index is 0.117. The fraction of sp³-hybridized carbons (Fsp3) is 0.294. The Kier molecular flexibility index (Phi) is 4.33. The van der Waals surface area contributed by atoms with E-state index < -0.39 is 0 Å². The molecule has 0 bridgehead atoms. The van der Waals surface area contributed by atoms with E-state index in [4.69, 9.17) is 0 Å². The second-order valence-electron chi connectivity index (χ2n) is 4.85. The Morgan fingerprint density at radius 1 is 1.05 bits per heavy atom. The molecule has 1 unspecified atom stereocenters. The quantitative estimate of drug-likeness (QED) is 0.868. The van der Waals surface area contributed by atoms with Crippen LogP contribution in [0, 0.1) is 19.7 Å². The molecule has 2 heteroatoms. The predicted octanol–water partition coefficient (Wildman–Crippen LogP) is 4.14. The Hall–Kier alpha value is -1.67. The highest BCUT2D eigenvalue weighted by Crippen LogP contribution is 2.28. The van der Waals surface area contributed by atoms with Gasteiger partial charge in [0.05, 0.1) is 6.04 Å². The largest absolute Gasteiger partial charge is 0.307 e. The Bertz CT molecular complexity index is 525. The first-order valence-corrected chi connectivity index (χ1v) is 6.68. The molecule has 0 saturated carbocycles. The van der Waals surface area contributed by atoms with Crippen molar-refractivity contribution < 1.29 is 4.39 Å². The molecule has 0 radical (unpaired) electrons. The molecule has 0 spiro atoms. The van der Waals surface area contributed by atoms with Crippen molar-refractivity contribution >= 4 is 0 Å². The zero-order valence-corrected chi connectivity index (χ0v) is 11.7. The van der Waals surface area contributed by atoms with Crippen LogP contribution in [0.1, 0.15) is 35.2 Å². The van der Waals surface area contributed by atoms with Crippen molar-refractivity contribution in [2.24, 2.45) is 0 Å². The third-order valence-corrected chi connectivity index (χ3v) is 3.39. The van der Waals surface area contributed by atoms with Gasteiger partial charge in [-0.2, -0.15) is 0 Å². The third kappa shape index (κ3) is 3.02. The van der Waals surface area contributed by atoms with Crippen molar-refractivity contribution in [1.29, 1.82) is 0 Å². The van der Waals surface area contributed by atoms with Gasteiger partial charge in [0, 0.05) is 0 Å². The molecule has 0 amide bonds. The minimum Gasteiger partial charge on any atom is -0.307 e. The zero-order chi connectivity index (χ0) is 13.8. The van der Waals surface area contributed by atoms with E-state index in [1.54, 1.807) is 12.1 Å². The number of hydrogen-bond acceptors (Lipinski definition) is 1. The normalized spacial score (nSPS) is 12.4. The highest BCUT2D eigenvalue weighted by molar-refractivity contribution is 5.42. The van der Waals surface area contributed by atoms with Crippen LogP contribution in [0.3, 0.4) is 0 Å². The van der Waals surface area contributed by atoms with E-state index in [-0.39, 0.29) is 11.9 Å². The molecule has 0 saturated heterocycles. The van der Waals surface area contributed by atoms with E-state index in [2.05, 4.69) is 24.4 Å². The van der Waals surface area contributed by atoms with E-state index >= 15 is 0 Å². The standard InChI is InChI=1S/C17H20FN/c1-4-19-17(14-8-6-5-7-9-14)16-12(2)10-15(18)11-13(16)3/h5-11,17,19H,4H2,1-3H3. The summed E-state index contributed by atoms with van der Waals surface area (Å²) < 4.78 is 13.4. The van der Waals surface area contributed by atoms with Crippen LogP contribution >= 0.6 is 0 Å². The summed E-state index contributed by atoms with van der Waals surface area (Å²) in [6, 6.07) is 13.6. The fourth-order valence-electron chi connectivity index (χ4n) is 2.61. The molecule has 1 nitrogen and oxygen atoms in total. The van der Waals surface area contributed by atoms with Crippen molar-refractivity contribution in [2.45, 2.75) is 26.8 Å². The van der Waals surface area contributed by atoms with Gasteiger partial charge in [0.2, 0.25) is 0 Å². The lowest BCUT2D eigenvalue weighted by atomic mass is 9.91. The van der Waals surface area contributed by atoms with Crippen LogP contribution in [-0.4, -0.2) is 6.54 Å². The van der Waals surface area contributed by atoms with Crippen molar-refractivity contribution in [2.75, 3.05) is 6.54 Å². The Morgan fingerprint density at radius 3 is 2.16 bits per heavy atom. The lowest BCUT2D eigenvalue weighted by molar-refractivity contribution is 0.606. The maximum absolute atomic E-state index is 13.4. The lowest BCUT2D eigenvalue weighted by Gasteiger charge is -2.23. The first-order valence-electron chi connectivity index (χ1n) is 6.68. The second kappa shape index (κ2) is 5.98. The summed E-state index contributed by atoms with van der Waals surface area (Å²) >= 11 is 0. The summed E-state index contributed by atoms with van der Waals surface area (Å²) in [6.45, 7) is 6.90. The van der Waals surface area contributed by atoms with Gasteiger partial charge >= 0.3 is 0 Å². The number of nitrogens with one attached hydrogen (secondary N) is 1. The average molecular weight is 257 g/mol. The first kappa shape index (κ1) is 13.8. The highest BCUT2D eigenvalue weighted by atomic mass is 19.1. The van der Waals surface area contributed by atoms with Gasteiger partial charge in [-0.1, -0.05) is 37.3 Å². The van der Waals surface area contributed by atoms with Gasteiger partial charge in [0.15, 0.2) is 0 Å². The summed E-state index contributed by atoms with van der Waals surface area (Å²) in [4.78, 5) is 0. The SMILES string of the molecule is CCNC(c1ccccc1)c1c(C)cc(F)cc1C. The van der Waals surface area contributed by atoms with Crippen LogP contribution in [0.15, 0.2) is 42.5 Å². The molecule has 19 heavy (non-hydrogen) atoms. The molecular weight excluding hydrogens is 237 g/mol. The summed E-state index contributed by atoms with van der Waals surface area (Å²) in [5, 5.41) is 3.49. The molecule has 0 heterocycles. The Labute approximate surface area is 114 Å². The van der Waals surface area contributed by atoms with Gasteiger partial charge in [-0.05, 0) is 54.8 Å². The molecule has 0 aliphatic carbocycles. The van der Waals surface area contributed by atoms with E-state index in [1.807, 2.05) is 32.0 Å². The van der Waals surface area contributed by atoms with Gasteiger partial charge in [-0.25, -0.2) is 4.39 Å².